The lowest BCUT2D eigenvalue weighted by Gasteiger charge is -2.41. The van der Waals surface area contributed by atoms with Crippen LogP contribution in [0.4, 0.5) is 5.69 Å². The molecule has 2 aromatic carbocycles. The third-order valence-electron chi connectivity index (χ3n) is 5.92. The summed E-state index contributed by atoms with van der Waals surface area (Å²) in [5.41, 5.74) is 2.36. The average Bonchev–Trinajstić information content (AvgIpc) is 2.72. The van der Waals surface area contributed by atoms with Gasteiger partial charge in [-0.1, -0.05) is 35.9 Å². The van der Waals surface area contributed by atoms with Crippen LogP contribution < -0.4 is 4.31 Å². The molecule has 1 saturated heterocycles. The average molecular weight is 448 g/mol. The smallest absolute Gasteiger partial charge is 0.266 e. The monoisotopic (exact) mass is 447 g/mol. The molecule has 0 N–H and O–H groups in total. The molecule has 1 atom stereocenters. The molecule has 0 spiro atoms. The van der Waals surface area contributed by atoms with Crippen LogP contribution in [0.15, 0.2) is 47.4 Å². The molecule has 2 heterocycles. The van der Waals surface area contributed by atoms with E-state index in [1.165, 1.54) is 10.4 Å². The first-order chi connectivity index (χ1) is 14.3. The third-order valence-corrected chi connectivity index (χ3v) is 8.23. The second-order valence-corrected chi connectivity index (χ2v) is 10.2. The molecule has 2 aromatic rings. The molecule has 0 saturated carbocycles. The van der Waals surface area contributed by atoms with Crippen LogP contribution in [0.3, 0.4) is 0 Å². The van der Waals surface area contributed by atoms with Crippen LogP contribution in [0, 0.1) is 6.92 Å². The molecule has 30 heavy (non-hydrogen) atoms. The van der Waals surface area contributed by atoms with Gasteiger partial charge >= 0.3 is 0 Å². The quantitative estimate of drug-likeness (QED) is 0.725. The lowest BCUT2D eigenvalue weighted by molar-refractivity contribution is -0.134. The largest absolute Gasteiger partial charge is 0.338 e. The lowest BCUT2D eigenvalue weighted by Crippen LogP contribution is -2.56. The predicted octanol–water partition coefficient (Wildman–Crippen LogP) is 2.93. The normalized spacial score (nSPS) is 20.2. The molecule has 0 unspecified atom stereocenters. The fourth-order valence-electron chi connectivity index (χ4n) is 4.19. The van der Waals surface area contributed by atoms with Crippen molar-refractivity contribution in [2.45, 2.75) is 30.7 Å². The second kappa shape index (κ2) is 8.21. The van der Waals surface area contributed by atoms with E-state index in [1.807, 2.05) is 26.1 Å². The fraction of sp³-hybridized carbons (Fsp3) is 0.409. The van der Waals surface area contributed by atoms with E-state index in [2.05, 4.69) is 4.90 Å². The first kappa shape index (κ1) is 21.2. The van der Waals surface area contributed by atoms with Gasteiger partial charge in [0.15, 0.2) is 0 Å². The molecule has 0 aromatic heterocycles. The minimum atomic E-state index is -4.02. The summed E-state index contributed by atoms with van der Waals surface area (Å²) < 4.78 is 28.9. The van der Waals surface area contributed by atoms with Crippen molar-refractivity contribution in [3.63, 3.8) is 0 Å². The minimum Gasteiger partial charge on any atom is -0.338 e. The molecule has 6 nitrogen and oxygen atoms in total. The number of sulfonamides is 1. The van der Waals surface area contributed by atoms with E-state index in [0.717, 1.165) is 24.2 Å². The SMILES string of the molecule is Cc1ccc(S(=O)(=O)N2c3ccccc3CC[C@@H]2C(=O)N2CCN(C)CC2)c(Cl)c1. The zero-order chi connectivity index (χ0) is 21.5. The van der Waals surface area contributed by atoms with E-state index >= 15 is 0 Å². The summed E-state index contributed by atoms with van der Waals surface area (Å²) in [5, 5.41) is 0.170. The summed E-state index contributed by atoms with van der Waals surface area (Å²) >= 11 is 6.35. The topological polar surface area (TPSA) is 60.9 Å². The van der Waals surface area contributed by atoms with Gasteiger partial charge in [0.1, 0.15) is 10.9 Å². The molecule has 0 aliphatic carbocycles. The van der Waals surface area contributed by atoms with Gasteiger partial charge in [-0.15, -0.1) is 0 Å². The van der Waals surface area contributed by atoms with E-state index < -0.39 is 16.1 Å². The van der Waals surface area contributed by atoms with Gasteiger partial charge in [-0.2, -0.15) is 0 Å². The number of para-hydroxylation sites is 1. The Kier molecular flexibility index (Phi) is 5.79. The highest BCUT2D eigenvalue weighted by molar-refractivity contribution is 7.93. The van der Waals surface area contributed by atoms with Gasteiger partial charge in [-0.25, -0.2) is 8.42 Å². The Labute approximate surface area is 183 Å². The summed E-state index contributed by atoms with van der Waals surface area (Å²) in [6, 6.07) is 11.5. The number of nitrogens with zero attached hydrogens (tertiary/aromatic N) is 3. The van der Waals surface area contributed by atoms with Crippen LogP contribution in [0.2, 0.25) is 5.02 Å². The first-order valence-electron chi connectivity index (χ1n) is 10.1. The molecule has 1 amide bonds. The number of likely N-dealkylation sites (N-methyl/N-ethyl adjacent to an activating group) is 1. The standard InChI is InChI=1S/C22H26ClN3O3S/c1-16-7-10-21(18(23)15-16)30(28,29)26-19-6-4-3-5-17(19)8-9-20(26)22(27)25-13-11-24(2)12-14-25/h3-7,10,15,20H,8-9,11-14H2,1-2H3/t20-/m1/s1. The van der Waals surface area contributed by atoms with E-state index in [-0.39, 0.29) is 15.8 Å². The summed E-state index contributed by atoms with van der Waals surface area (Å²) in [5.74, 6) is -0.135. The molecule has 0 radical (unpaired) electrons. The summed E-state index contributed by atoms with van der Waals surface area (Å²) in [6.07, 6.45) is 1.11. The summed E-state index contributed by atoms with van der Waals surface area (Å²) in [7, 11) is -2.00. The van der Waals surface area contributed by atoms with Crippen LogP contribution in [-0.4, -0.2) is 63.4 Å². The van der Waals surface area contributed by atoms with Crippen molar-refractivity contribution in [3.05, 3.63) is 58.6 Å². The van der Waals surface area contributed by atoms with Crippen molar-refractivity contribution in [2.24, 2.45) is 0 Å². The number of aryl methyl sites for hydroxylation is 2. The van der Waals surface area contributed by atoms with E-state index in [1.54, 1.807) is 29.2 Å². The summed E-state index contributed by atoms with van der Waals surface area (Å²) in [4.78, 5) is 17.5. The van der Waals surface area contributed by atoms with Gasteiger partial charge in [0.25, 0.3) is 10.0 Å². The molecule has 4 rings (SSSR count). The Morgan fingerprint density at radius 2 is 1.77 bits per heavy atom. The van der Waals surface area contributed by atoms with Crippen molar-refractivity contribution in [1.82, 2.24) is 9.80 Å². The van der Waals surface area contributed by atoms with Crippen LogP contribution in [-0.2, 0) is 21.2 Å². The van der Waals surface area contributed by atoms with Crippen LogP contribution >= 0.6 is 11.6 Å². The van der Waals surface area contributed by atoms with Crippen molar-refractivity contribution in [2.75, 3.05) is 37.5 Å². The van der Waals surface area contributed by atoms with E-state index in [0.29, 0.717) is 31.6 Å². The number of carbonyl (C=O) groups excluding carboxylic acids is 1. The minimum absolute atomic E-state index is 0.0302. The number of benzene rings is 2. The van der Waals surface area contributed by atoms with Crippen LogP contribution in [0.25, 0.3) is 0 Å². The van der Waals surface area contributed by atoms with Gasteiger partial charge in [-0.3, -0.25) is 9.10 Å². The van der Waals surface area contributed by atoms with Crippen molar-refractivity contribution in [1.29, 1.82) is 0 Å². The zero-order valence-electron chi connectivity index (χ0n) is 17.2. The van der Waals surface area contributed by atoms with Crippen molar-refractivity contribution in [3.8, 4) is 0 Å². The highest BCUT2D eigenvalue weighted by Crippen LogP contribution is 2.38. The van der Waals surface area contributed by atoms with E-state index in [4.69, 9.17) is 11.6 Å². The second-order valence-electron chi connectivity index (χ2n) is 8.05. The number of piperazine rings is 1. The molecule has 1 fully saturated rings. The Hall–Kier alpha value is -2.09. The maximum Gasteiger partial charge on any atom is 0.266 e. The Bertz CT molecular complexity index is 1070. The van der Waals surface area contributed by atoms with Crippen LogP contribution in [0.1, 0.15) is 17.5 Å². The molecule has 160 valence electrons. The molecule has 0 bridgehead atoms. The predicted molar refractivity (Wildman–Crippen MR) is 118 cm³/mol. The number of amides is 1. The number of hydrogen-bond donors (Lipinski definition) is 0. The number of rotatable bonds is 3. The summed E-state index contributed by atoms with van der Waals surface area (Å²) in [6.45, 7) is 4.63. The Morgan fingerprint density at radius 3 is 2.47 bits per heavy atom. The Balaban J connectivity index is 1.78. The maximum atomic E-state index is 13.8. The van der Waals surface area contributed by atoms with Crippen molar-refractivity contribution >= 4 is 33.2 Å². The molecule has 8 heteroatoms. The van der Waals surface area contributed by atoms with Gasteiger partial charge in [0, 0.05) is 26.2 Å². The van der Waals surface area contributed by atoms with Gasteiger partial charge < -0.3 is 9.80 Å². The number of fused-ring (bicyclic) bond motifs is 1. The van der Waals surface area contributed by atoms with Gasteiger partial charge in [-0.05, 0) is 56.1 Å². The number of anilines is 1. The highest BCUT2D eigenvalue weighted by Gasteiger charge is 2.42. The van der Waals surface area contributed by atoms with Crippen molar-refractivity contribution < 1.29 is 13.2 Å². The first-order valence-corrected chi connectivity index (χ1v) is 12.0. The number of halogens is 1. The molecular weight excluding hydrogens is 422 g/mol. The fourth-order valence-corrected chi connectivity index (χ4v) is 6.45. The van der Waals surface area contributed by atoms with E-state index in [9.17, 15) is 13.2 Å². The van der Waals surface area contributed by atoms with Gasteiger partial charge in [0.05, 0.1) is 10.7 Å². The number of carbonyl (C=O) groups is 1. The molecule has 2 aliphatic heterocycles. The van der Waals surface area contributed by atoms with Gasteiger partial charge in [0.2, 0.25) is 5.91 Å². The molecular formula is C22H26ClN3O3S. The zero-order valence-corrected chi connectivity index (χ0v) is 18.8. The molecule has 2 aliphatic rings. The number of hydrogen-bond acceptors (Lipinski definition) is 4. The third kappa shape index (κ3) is 3.82. The van der Waals surface area contributed by atoms with Crippen LogP contribution in [0.5, 0.6) is 0 Å². The highest BCUT2D eigenvalue weighted by atomic mass is 35.5. The maximum absolute atomic E-state index is 13.8. The Morgan fingerprint density at radius 1 is 1.07 bits per heavy atom. The lowest BCUT2D eigenvalue weighted by atomic mass is 9.97.